The van der Waals surface area contributed by atoms with E-state index in [0.29, 0.717) is 36.6 Å². The Morgan fingerprint density at radius 3 is 2.50 bits per heavy atom. The fourth-order valence-corrected chi connectivity index (χ4v) is 4.61. The molecular weight excluding hydrogens is 420 g/mol. The van der Waals surface area contributed by atoms with Crippen LogP contribution in [0.4, 0.5) is 0 Å². The van der Waals surface area contributed by atoms with Crippen LogP contribution in [0.5, 0.6) is 0 Å². The van der Waals surface area contributed by atoms with Crippen molar-refractivity contribution in [2.45, 2.75) is 13.0 Å². The minimum atomic E-state index is -0.194. The lowest BCUT2D eigenvalue weighted by atomic mass is 10.2. The third kappa shape index (κ3) is 5.16. The van der Waals surface area contributed by atoms with Gasteiger partial charge < -0.3 is 10.2 Å². The third-order valence-electron chi connectivity index (χ3n) is 5.15. The highest BCUT2D eigenvalue weighted by atomic mass is 35.5. The van der Waals surface area contributed by atoms with E-state index < -0.39 is 0 Å². The number of benzene rings is 2. The Bertz CT molecular complexity index is 996. The summed E-state index contributed by atoms with van der Waals surface area (Å²) in [4.78, 5) is 33.5. The van der Waals surface area contributed by atoms with Crippen LogP contribution in [0.25, 0.3) is 10.2 Å². The van der Waals surface area contributed by atoms with Gasteiger partial charge in [-0.05, 0) is 36.4 Å². The number of piperazine rings is 1. The molecule has 1 aliphatic rings. The van der Waals surface area contributed by atoms with Crippen molar-refractivity contribution in [1.29, 1.82) is 0 Å². The summed E-state index contributed by atoms with van der Waals surface area (Å²) in [7, 11) is 0. The molecule has 0 spiro atoms. The van der Waals surface area contributed by atoms with Gasteiger partial charge in [-0.2, -0.15) is 0 Å². The highest BCUT2D eigenvalue weighted by Gasteiger charge is 2.21. The molecule has 0 unspecified atom stereocenters. The number of halogens is 1. The maximum Gasteiger partial charge on any atom is 0.251 e. The summed E-state index contributed by atoms with van der Waals surface area (Å²) in [6, 6.07) is 14.9. The van der Waals surface area contributed by atoms with E-state index in [0.717, 1.165) is 30.2 Å². The number of amides is 2. The number of nitrogens with one attached hydrogen (secondary N) is 1. The molecule has 1 aromatic heterocycles. The summed E-state index contributed by atoms with van der Waals surface area (Å²) in [6.07, 6.45) is 0.303. The molecule has 3 aromatic rings. The molecule has 0 atom stereocenters. The van der Waals surface area contributed by atoms with E-state index in [9.17, 15) is 9.59 Å². The average molecular weight is 443 g/mol. The molecule has 2 heterocycles. The van der Waals surface area contributed by atoms with Crippen LogP contribution < -0.4 is 5.32 Å². The first-order valence-corrected chi connectivity index (χ1v) is 11.2. The Morgan fingerprint density at radius 2 is 1.77 bits per heavy atom. The Kier molecular flexibility index (Phi) is 6.62. The van der Waals surface area contributed by atoms with Crippen LogP contribution in [-0.2, 0) is 11.3 Å². The SMILES string of the molecule is O=C(NCCC(=O)N1CCN(Cc2nc3ccccc3s2)CC1)c1ccc(Cl)cc1. The zero-order valence-electron chi connectivity index (χ0n) is 16.5. The van der Waals surface area contributed by atoms with Gasteiger partial charge in [-0.3, -0.25) is 14.5 Å². The van der Waals surface area contributed by atoms with E-state index in [4.69, 9.17) is 16.6 Å². The molecule has 4 rings (SSSR count). The minimum Gasteiger partial charge on any atom is -0.352 e. The largest absolute Gasteiger partial charge is 0.352 e. The molecule has 1 N–H and O–H groups in total. The van der Waals surface area contributed by atoms with Crippen LogP contribution in [0.2, 0.25) is 5.02 Å². The van der Waals surface area contributed by atoms with E-state index in [-0.39, 0.29) is 11.8 Å². The number of thiazole rings is 1. The molecule has 0 saturated carbocycles. The van der Waals surface area contributed by atoms with Crippen molar-refractivity contribution in [1.82, 2.24) is 20.1 Å². The number of carbonyl (C=O) groups excluding carboxylic acids is 2. The van der Waals surface area contributed by atoms with E-state index >= 15 is 0 Å². The van der Waals surface area contributed by atoms with Gasteiger partial charge in [0.05, 0.1) is 16.8 Å². The van der Waals surface area contributed by atoms with E-state index in [1.54, 1.807) is 35.6 Å². The molecule has 30 heavy (non-hydrogen) atoms. The molecule has 0 bridgehead atoms. The van der Waals surface area contributed by atoms with Crippen LogP contribution in [-0.4, -0.2) is 59.3 Å². The van der Waals surface area contributed by atoms with Gasteiger partial charge in [-0.15, -0.1) is 11.3 Å². The van der Waals surface area contributed by atoms with Crippen LogP contribution >= 0.6 is 22.9 Å². The molecule has 2 aromatic carbocycles. The molecule has 1 saturated heterocycles. The molecule has 156 valence electrons. The van der Waals surface area contributed by atoms with Crippen LogP contribution in [0.3, 0.4) is 0 Å². The Labute approximate surface area is 184 Å². The molecule has 8 heteroatoms. The van der Waals surface area contributed by atoms with Gasteiger partial charge in [0.25, 0.3) is 5.91 Å². The highest BCUT2D eigenvalue weighted by molar-refractivity contribution is 7.18. The van der Waals surface area contributed by atoms with Gasteiger partial charge in [0, 0.05) is 49.7 Å². The molecule has 6 nitrogen and oxygen atoms in total. The summed E-state index contributed by atoms with van der Waals surface area (Å²) in [5.41, 5.74) is 1.59. The molecule has 1 aliphatic heterocycles. The summed E-state index contributed by atoms with van der Waals surface area (Å²) in [5.74, 6) is -0.119. The normalized spacial score (nSPS) is 14.8. The van der Waals surface area contributed by atoms with Crippen LogP contribution in [0, 0.1) is 0 Å². The van der Waals surface area contributed by atoms with Gasteiger partial charge >= 0.3 is 0 Å². The van der Waals surface area contributed by atoms with Crippen LogP contribution in [0.15, 0.2) is 48.5 Å². The lowest BCUT2D eigenvalue weighted by Gasteiger charge is -2.34. The number of hydrogen-bond donors (Lipinski definition) is 1. The fraction of sp³-hybridized carbons (Fsp3) is 0.318. The maximum atomic E-state index is 12.5. The third-order valence-corrected chi connectivity index (χ3v) is 6.43. The van der Waals surface area contributed by atoms with Gasteiger partial charge in [0.2, 0.25) is 5.91 Å². The Balaban J connectivity index is 1.19. The summed E-state index contributed by atoms with van der Waals surface area (Å²) in [5, 5.41) is 4.49. The number of fused-ring (bicyclic) bond motifs is 1. The predicted octanol–water partition coefficient (Wildman–Crippen LogP) is 3.41. The number of rotatable bonds is 6. The van der Waals surface area contributed by atoms with Gasteiger partial charge in [-0.25, -0.2) is 4.98 Å². The second-order valence-electron chi connectivity index (χ2n) is 7.25. The van der Waals surface area contributed by atoms with Crippen molar-refractivity contribution >= 4 is 45.0 Å². The van der Waals surface area contributed by atoms with E-state index in [2.05, 4.69) is 16.3 Å². The molecule has 0 radical (unpaired) electrons. The summed E-state index contributed by atoms with van der Waals surface area (Å²) >= 11 is 7.56. The molecule has 0 aliphatic carbocycles. The van der Waals surface area contributed by atoms with E-state index in [1.807, 2.05) is 23.1 Å². The fourth-order valence-electron chi connectivity index (χ4n) is 3.48. The predicted molar refractivity (Wildman–Crippen MR) is 120 cm³/mol. The van der Waals surface area contributed by atoms with Crippen molar-refractivity contribution < 1.29 is 9.59 Å². The second-order valence-corrected chi connectivity index (χ2v) is 8.80. The topological polar surface area (TPSA) is 65.5 Å². The zero-order chi connectivity index (χ0) is 20.9. The van der Waals surface area contributed by atoms with Crippen LogP contribution in [0.1, 0.15) is 21.8 Å². The quantitative estimate of drug-likeness (QED) is 0.635. The van der Waals surface area contributed by atoms with Crippen molar-refractivity contribution in [3.05, 3.63) is 64.1 Å². The molecule has 2 amide bonds. The lowest BCUT2D eigenvalue weighted by molar-refractivity contribution is -0.132. The van der Waals surface area contributed by atoms with Gasteiger partial charge in [0.1, 0.15) is 5.01 Å². The molecule has 1 fully saturated rings. The summed E-state index contributed by atoms with van der Waals surface area (Å²) < 4.78 is 1.21. The van der Waals surface area contributed by atoms with Crippen molar-refractivity contribution in [3.63, 3.8) is 0 Å². The standard InChI is InChI=1S/C22H23ClN4O2S/c23-17-7-5-16(6-8-17)22(29)24-10-9-21(28)27-13-11-26(12-14-27)15-20-25-18-3-1-2-4-19(18)30-20/h1-8H,9-15H2,(H,24,29). The Hall–Kier alpha value is -2.48. The lowest BCUT2D eigenvalue weighted by Crippen LogP contribution is -2.48. The first kappa shape index (κ1) is 20.8. The van der Waals surface area contributed by atoms with Crippen molar-refractivity contribution in [2.24, 2.45) is 0 Å². The monoisotopic (exact) mass is 442 g/mol. The van der Waals surface area contributed by atoms with Gasteiger partial charge in [0.15, 0.2) is 0 Å². The summed E-state index contributed by atoms with van der Waals surface area (Å²) in [6.45, 7) is 4.21. The minimum absolute atomic E-state index is 0.0750. The van der Waals surface area contributed by atoms with Crippen molar-refractivity contribution in [2.75, 3.05) is 32.7 Å². The average Bonchev–Trinajstić information content (AvgIpc) is 3.17. The molecular formula is C22H23ClN4O2S. The number of aromatic nitrogens is 1. The van der Waals surface area contributed by atoms with Gasteiger partial charge in [-0.1, -0.05) is 23.7 Å². The number of para-hydroxylation sites is 1. The smallest absolute Gasteiger partial charge is 0.251 e. The number of carbonyl (C=O) groups is 2. The van der Waals surface area contributed by atoms with Crippen molar-refractivity contribution in [3.8, 4) is 0 Å². The highest BCUT2D eigenvalue weighted by Crippen LogP contribution is 2.23. The maximum absolute atomic E-state index is 12.5. The first-order chi connectivity index (χ1) is 14.6. The Morgan fingerprint density at radius 1 is 1.03 bits per heavy atom. The number of hydrogen-bond acceptors (Lipinski definition) is 5. The first-order valence-electron chi connectivity index (χ1n) is 9.97. The second kappa shape index (κ2) is 9.55. The zero-order valence-corrected chi connectivity index (χ0v) is 18.1. The number of nitrogens with zero attached hydrogens (tertiary/aromatic N) is 3. The van der Waals surface area contributed by atoms with E-state index in [1.165, 1.54) is 4.70 Å².